The second-order valence-corrected chi connectivity index (χ2v) is 7.06. The highest BCUT2D eigenvalue weighted by molar-refractivity contribution is 6.30. The van der Waals surface area contributed by atoms with Gasteiger partial charge in [0, 0.05) is 34.4 Å². The average Bonchev–Trinajstić information content (AvgIpc) is 3.32. The minimum absolute atomic E-state index is 0.146. The maximum absolute atomic E-state index is 13.8. The molecule has 2 aromatic carbocycles. The van der Waals surface area contributed by atoms with E-state index < -0.39 is 23.3 Å². The molecule has 30 heavy (non-hydrogen) atoms. The Kier molecular flexibility index (Phi) is 5.03. The Morgan fingerprint density at radius 1 is 1.13 bits per heavy atom. The lowest BCUT2D eigenvalue weighted by Crippen LogP contribution is -2.20. The number of anilines is 1. The number of fused-ring (bicyclic) bond motifs is 1. The lowest BCUT2D eigenvalue weighted by Gasteiger charge is -2.13. The highest BCUT2D eigenvalue weighted by atomic mass is 35.5. The first kappa shape index (κ1) is 20.0. The van der Waals surface area contributed by atoms with Crippen molar-refractivity contribution in [1.82, 2.24) is 14.3 Å². The highest BCUT2D eigenvalue weighted by Gasteiger charge is 2.40. The van der Waals surface area contributed by atoms with E-state index in [1.807, 2.05) is 29.8 Å². The molecule has 0 fully saturated rings. The zero-order chi connectivity index (χ0) is 21.5. The van der Waals surface area contributed by atoms with Crippen LogP contribution in [0.2, 0.25) is 5.02 Å². The number of aromatic nitrogens is 3. The monoisotopic (exact) mass is 432 g/mol. The molecule has 4 rings (SSSR count). The number of amides is 1. The van der Waals surface area contributed by atoms with Crippen molar-refractivity contribution in [2.24, 2.45) is 0 Å². The number of rotatable bonds is 4. The molecule has 9 heteroatoms. The topological polar surface area (TPSA) is 51.9 Å². The molecule has 0 bridgehead atoms. The number of carbonyl (C=O) groups excluding carboxylic acids is 1. The van der Waals surface area contributed by atoms with Crippen molar-refractivity contribution in [3.8, 4) is 5.69 Å². The van der Waals surface area contributed by atoms with Crippen molar-refractivity contribution in [2.75, 3.05) is 5.32 Å². The number of carbonyl (C=O) groups is 1. The molecule has 0 radical (unpaired) electrons. The number of aryl methyl sites for hydroxylation is 1. The maximum Gasteiger partial charge on any atom is 0.434 e. The zero-order valence-corrected chi connectivity index (χ0v) is 16.5. The van der Waals surface area contributed by atoms with Crippen molar-refractivity contribution in [3.63, 3.8) is 0 Å². The van der Waals surface area contributed by atoms with Gasteiger partial charge >= 0.3 is 6.18 Å². The van der Waals surface area contributed by atoms with Crippen LogP contribution in [0.5, 0.6) is 0 Å². The summed E-state index contributed by atoms with van der Waals surface area (Å²) in [7, 11) is 0. The Labute approximate surface area is 174 Å². The van der Waals surface area contributed by atoms with Crippen LogP contribution < -0.4 is 5.32 Å². The highest BCUT2D eigenvalue weighted by Crippen LogP contribution is 2.34. The third-order valence-electron chi connectivity index (χ3n) is 4.72. The lowest BCUT2D eigenvalue weighted by molar-refractivity contribution is -0.143. The van der Waals surface area contributed by atoms with Crippen LogP contribution in [0.15, 0.2) is 60.9 Å². The molecule has 0 saturated carbocycles. The summed E-state index contributed by atoms with van der Waals surface area (Å²) >= 11 is 5.81. The van der Waals surface area contributed by atoms with Crippen LogP contribution in [0.3, 0.4) is 0 Å². The fourth-order valence-electron chi connectivity index (χ4n) is 3.32. The quantitative estimate of drug-likeness (QED) is 0.445. The van der Waals surface area contributed by atoms with E-state index in [2.05, 4.69) is 10.4 Å². The van der Waals surface area contributed by atoms with Crippen LogP contribution in [0.25, 0.3) is 16.6 Å². The molecular formula is C21H16ClF3N4O. The molecular weight excluding hydrogens is 417 g/mol. The van der Waals surface area contributed by atoms with Crippen LogP contribution in [0, 0.1) is 0 Å². The third-order valence-corrected chi connectivity index (χ3v) is 4.98. The number of benzene rings is 2. The SMILES string of the molecule is CCn1ccc2cc(NC(=O)c3cnn(-c4ccc(Cl)cc4)c3C(F)(F)F)ccc21. The van der Waals surface area contributed by atoms with Crippen LogP contribution in [0.4, 0.5) is 18.9 Å². The molecule has 0 saturated heterocycles. The van der Waals surface area contributed by atoms with Crippen molar-refractivity contribution in [1.29, 1.82) is 0 Å². The van der Waals surface area contributed by atoms with Crippen LogP contribution in [0.1, 0.15) is 23.0 Å². The Morgan fingerprint density at radius 2 is 1.87 bits per heavy atom. The summed E-state index contributed by atoms with van der Waals surface area (Å²) in [6.07, 6.45) is -1.96. The zero-order valence-electron chi connectivity index (χ0n) is 15.7. The summed E-state index contributed by atoms with van der Waals surface area (Å²) in [5.74, 6) is -0.892. The summed E-state index contributed by atoms with van der Waals surface area (Å²) in [4.78, 5) is 12.7. The fourth-order valence-corrected chi connectivity index (χ4v) is 3.44. The van der Waals surface area contributed by atoms with Crippen molar-refractivity contribution in [2.45, 2.75) is 19.6 Å². The fraction of sp³-hybridized carbons (Fsp3) is 0.143. The van der Waals surface area contributed by atoms with Crippen molar-refractivity contribution < 1.29 is 18.0 Å². The van der Waals surface area contributed by atoms with E-state index in [4.69, 9.17) is 11.6 Å². The van der Waals surface area contributed by atoms with Crippen LogP contribution in [-0.4, -0.2) is 20.3 Å². The molecule has 2 heterocycles. The van der Waals surface area contributed by atoms with Gasteiger partial charge in [-0.3, -0.25) is 4.79 Å². The van der Waals surface area contributed by atoms with E-state index in [1.54, 1.807) is 12.1 Å². The molecule has 0 atom stereocenters. The maximum atomic E-state index is 13.8. The molecule has 0 spiro atoms. The molecule has 1 amide bonds. The van der Waals surface area contributed by atoms with Crippen LogP contribution in [-0.2, 0) is 12.7 Å². The van der Waals surface area contributed by atoms with Gasteiger partial charge in [-0.05, 0) is 55.5 Å². The smallest absolute Gasteiger partial charge is 0.348 e. The molecule has 0 aliphatic heterocycles. The summed E-state index contributed by atoms with van der Waals surface area (Å²) in [5.41, 5.74) is -0.201. The predicted octanol–water partition coefficient (Wildman–Crippen LogP) is 5.77. The molecule has 2 aromatic heterocycles. The van der Waals surface area contributed by atoms with E-state index in [0.717, 1.165) is 23.6 Å². The van der Waals surface area contributed by atoms with Gasteiger partial charge in [0.1, 0.15) is 0 Å². The van der Waals surface area contributed by atoms with Crippen molar-refractivity contribution in [3.05, 3.63) is 77.2 Å². The number of nitrogens with zero attached hydrogens (tertiary/aromatic N) is 3. The normalized spacial score (nSPS) is 11.8. The van der Waals surface area contributed by atoms with E-state index in [1.165, 1.54) is 24.3 Å². The first-order chi connectivity index (χ1) is 14.3. The largest absolute Gasteiger partial charge is 0.434 e. The minimum atomic E-state index is -4.79. The molecule has 0 unspecified atom stereocenters. The van der Waals surface area contributed by atoms with Crippen molar-refractivity contribution >= 4 is 34.1 Å². The number of hydrogen-bond donors (Lipinski definition) is 1. The third kappa shape index (κ3) is 3.66. The Hall–Kier alpha value is -3.26. The summed E-state index contributed by atoms with van der Waals surface area (Å²) < 4.78 is 44.1. The molecule has 154 valence electrons. The van der Waals surface area contributed by atoms with E-state index >= 15 is 0 Å². The van der Waals surface area contributed by atoms with Gasteiger partial charge < -0.3 is 9.88 Å². The molecule has 4 aromatic rings. The molecule has 0 aliphatic carbocycles. The summed E-state index contributed by atoms with van der Waals surface area (Å²) in [5, 5.41) is 7.60. The molecule has 0 aliphatic rings. The average molecular weight is 433 g/mol. The lowest BCUT2D eigenvalue weighted by atomic mass is 10.2. The second-order valence-electron chi connectivity index (χ2n) is 6.62. The standard InChI is InChI=1S/C21H16ClF3N4O/c1-2-28-10-9-13-11-15(5-8-18(13)28)27-20(30)17-12-26-29(19(17)21(23,24)25)16-6-3-14(22)4-7-16/h3-12H,2H2,1H3,(H,27,30). The summed E-state index contributed by atoms with van der Waals surface area (Å²) in [6.45, 7) is 2.79. The van der Waals surface area contributed by atoms with E-state index in [-0.39, 0.29) is 5.69 Å². The van der Waals surface area contributed by atoms with Gasteiger partial charge in [-0.1, -0.05) is 11.6 Å². The van der Waals surface area contributed by atoms with E-state index in [0.29, 0.717) is 15.4 Å². The second kappa shape index (κ2) is 7.53. The first-order valence-corrected chi connectivity index (χ1v) is 9.47. The summed E-state index contributed by atoms with van der Waals surface area (Å²) in [6, 6.07) is 12.8. The number of nitrogens with one attached hydrogen (secondary N) is 1. The van der Waals surface area contributed by atoms with Gasteiger partial charge in [0.2, 0.25) is 0 Å². The van der Waals surface area contributed by atoms with Gasteiger partial charge in [-0.25, -0.2) is 4.68 Å². The van der Waals surface area contributed by atoms with Crippen LogP contribution >= 0.6 is 11.6 Å². The molecule has 5 nitrogen and oxygen atoms in total. The van der Waals surface area contributed by atoms with Gasteiger partial charge in [-0.15, -0.1) is 0 Å². The number of alkyl halides is 3. The van der Waals surface area contributed by atoms with Gasteiger partial charge in [0.25, 0.3) is 5.91 Å². The Morgan fingerprint density at radius 3 is 2.53 bits per heavy atom. The molecule has 1 N–H and O–H groups in total. The van der Waals surface area contributed by atoms with Gasteiger partial charge in [0.15, 0.2) is 5.69 Å². The first-order valence-electron chi connectivity index (χ1n) is 9.09. The van der Waals surface area contributed by atoms with Gasteiger partial charge in [-0.2, -0.15) is 18.3 Å². The van der Waals surface area contributed by atoms with E-state index in [9.17, 15) is 18.0 Å². The number of halogens is 4. The minimum Gasteiger partial charge on any atom is -0.348 e. The Bertz CT molecular complexity index is 1230. The van der Waals surface area contributed by atoms with Gasteiger partial charge in [0.05, 0.1) is 17.4 Å². The number of hydrogen-bond acceptors (Lipinski definition) is 2. The predicted molar refractivity (Wildman–Crippen MR) is 109 cm³/mol. The Balaban J connectivity index is 1.69.